The number of rotatable bonds is 7. The zero-order valence-corrected chi connectivity index (χ0v) is 8.94. The van der Waals surface area contributed by atoms with Gasteiger partial charge in [-0.1, -0.05) is 33.6 Å². The molecular formula is C10H23NO. The van der Waals surface area contributed by atoms with E-state index in [-0.39, 0.29) is 0 Å². The highest BCUT2D eigenvalue weighted by Gasteiger charge is 2.13. The molecule has 0 rings (SSSR count). The summed E-state index contributed by atoms with van der Waals surface area (Å²) in [6.07, 6.45) is 5.08. The van der Waals surface area contributed by atoms with Crippen LogP contribution in [0.15, 0.2) is 0 Å². The van der Waals surface area contributed by atoms with Gasteiger partial charge in [-0.2, -0.15) is 0 Å². The minimum atomic E-state index is 0.521. The Morgan fingerprint density at radius 2 is 1.92 bits per heavy atom. The number of hydroxylamine groups is 1. The minimum Gasteiger partial charge on any atom is -0.305 e. The van der Waals surface area contributed by atoms with Crippen LogP contribution < -0.4 is 5.48 Å². The highest BCUT2D eigenvalue weighted by atomic mass is 16.6. The number of hydrogen-bond acceptors (Lipinski definition) is 2. The van der Waals surface area contributed by atoms with Gasteiger partial charge in [0.05, 0.1) is 7.11 Å². The van der Waals surface area contributed by atoms with Crippen molar-refractivity contribution in [2.45, 2.75) is 46.5 Å². The summed E-state index contributed by atoms with van der Waals surface area (Å²) in [6.45, 7) is 7.89. The van der Waals surface area contributed by atoms with Gasteiger partial charge in [0.2, 0.25) is 0 Å². The molecule has 2 heteroatoms. The predicted octanol–water partition coefficient (Wildman–Crippen LogP) is 2.74. The summed E-state index contributed by atoms with van der Waals surface area (Å²) in [5.41, 5.74) is 3.37. The molecule has 0 amide bonds. The molecule has 0 aromatic rings. The second-order valence-electron chi connectivity index (χ2n) is 4.07. The van der Waals surface area contributed by atoms with E-state index in [4.69, 9.17) is 4.84 Å². The van der Waals surface area contributed by atoms with Crippen LogP contribution in [0.1, 0.15) is 46.5 Å². The number of unbranched alkanes of at least 4 members (excludes halogenated alkanes) is 1. The van der Waals surface area contributed by atoms with E-state index in [0.29, 0.717) is 5.41 Å². The molecule has 0 bridgehead atoms. The smallest absolute Gasteiger partial charge is 0.0572 e. The second-order valence-corrected chi connectivity index (χ2v) is 4.07. The van der Waals surface area contributed by atoms with Crippen LogP contribution in [0, 0.1) is 5.41 Å². The quantitative estimate of drug-likeness (QED) is 0.472. The Kier molecular flexibility index (Phi) is 6.39. The van der Waals surface area contributed by atoms with E-state index < -0.39 is 0 Å². The zero-order valence-electron chi connectivity index (χ0n) is 8.94. The zero-order chi connectivity index (χ0) is 9.45. The molecule has 0 saturated carbocycles. The second kappa shape index (κ2) is 6.44. The van der Waals surface area contributed by atoms with Gasteiger partial charge in [-0.25, -0.2) is 5.48 Å². The molecular weight excluding hydrogens is 150 g/mol. The van der Waals surface area contributed by atoms with Crippen molar-refractivity contribution in [3.63, 3.8) is 0 Å². The van der Waals surface area contributed by atoms with Crippen molar-refractivity contribution in [2.24, 2.45) is 5.41 Å². The van der Waals surface area contributed by atoms with Crippen molar-refractivity contribution in [3.8, 4) is 0 Å². The van der Waals surface area contributed by atoms with Gasteiger partial charge in [-0.15, -0.1) is 0 Å². The number of hydrogen-bond donors (Lipinski definition) is 1. The van der Waals surface area contributed by atoms with Crippen LogP contribution in [0.5, 0.6) is 0 Å². The highest BCUT2D eigenvalue weighted by Crippen LogP contribution is 2.26. The standard InChI is InChI=1S/C10H23NO/c1-5-10(2,3)8-6-7-9-11-12-4/h11H,5-9H2,1-4H3. The molecule has 0 heterocycles. The third-order valence-corrected chi connectivity index (χ3v) is 2.48. The third-order valence-electron chi connectivity index (χ3n) is 2.48. The van der Waals surface area contributed by atoms with Gasteiger partial charge in [0.1, 0.15) is 0 Å². The number of nitrogens with one attached hydrogen (secondary N) is 1. The molecule has 12 heavy (non-hydrogen) atoms. The maximum absolute atomic E-state index is 4.75. The summed E-state index contributed by atoms with van der Waals surface area (Å²) in [7, 11) is 1.66. The summed E-state index contributed by atoms with van der Waals surface area (Å²) in [5, 5.41) is 0. The van der Waals surface area contributed by atoms with Crippen molar-refractivity contribution >= 4 is 0 Å². The van der Waals surface area contributed by atoms with Crippen LogP contribution in [0.25, 0.3) is 0 Å². The van der Waals surface area contributed by atoms with Crippen LogP contribution in [-0.4, -0.2) is 13.7 Å². The van der Waals surface area contributed by atoms with Crippen LogP contribution in [0.4, 0.5) is 0 Å². The van der Waals surface area contributed by atoms with E-state index in [0.717, 1.165) is 6.54 Å². The Balaban J connectivity index is 3.19. The molecule has 0 fully saturated rings. The van der Waals surface area contributed by atoms with E-state index in [2.05, 4.69) is 26.3 Å². The van der Waals surface area contributed by atoms with Crippen LogP contribution in [-0.2, 0) is 4.84 Å². The van der Waals surface area contributed by atoms with Crippen LogP contribution in [0.3, 0.4) is 0 Å². The maximum Gasteiger partial charge on any atom is 0.0572 e. The Hall–Kier alpha value is -0.0800. The van der Waals surface area contributed by atoms with Crippen LogP contribution in [0.2, 0.25) is 0 Å². The molecule has 0 atom stereocenters. The Bertz CT molecular complexity index is 102. The first-order chi connectivity index (χ1) is 5.62. The van der Waals surface area contributed by atoms with E-state index in [1.165, 1.54) is 25.7 Å². The molecule has 0 aliphatic rings. The summed E-state index contributed by atoms with van der Waals surface area (Å²) in [6, 6.07) is 0. The summed E-state index contributed by atoms with van der Waals surface area (Å²) >= 11 is 0. The lowest BCUT2D eigenvalue weighted by Crippen LogP contribution is -2.14. The van der Waals surface area contributed by atoms with E-state index in [9.17, 15) is 0 Å². The lowest BCUT2D eigenvalue weighted by atomic mass is 9.85. The van der Waals surface area contributed by atoms with Crippen molar-refractivity contribution in [1.82, 2.24) is 5.48 Å². The summed E-state index contributed by atoms with van der Waals surface area (Å²) in [4.78, 5) is 4.75. The molecule has 1 N–H and O–H groups in total. The van der Waals surface area contributed by atoms with E-state index >= 15 is 0 Å². The van der Waals surface area contributed by atoms with Gasteiger partial charge in [0.15, 0.2) is 0 Å². The first-order valence-corrected chi connectivity index (χ1v) is 4.88. The van der Waals surface area contributed by atoms with Gasteiger partial charge in [-0.3, -0.25) is 0 Å². The summed E-state index contributed by atoms with van der Waals surface area (Å²) < 4.78 is 0. The van der Waals surface area contributed by atoms with Crippen molar-refractivity contribution < 1.29 is 4.84 Å². The minimum absolute atomic E-state index is 0.521. The fraction of sp³-hybridized carbons (Fsp3) is 1.00. The van der Waals surface area contributed by atoms with Gasteiger partial charge in [-0.05, 0) is 18.3 Å². The van der Waals surface area contributed by atoms with Crippen molar-refractivity contribution in [3.05, 3.63) is 0 Å². The van der Waals surface area contributed by atoms with E-state index in [1.54, 1.807) is 7.11 Å². The lowest BCUT2D eigenvalue weighted by Gasteiger charge is -2.22. The van der Waals surface area contributed by atoms with Crippen LogP contribution >= 0.6 is 0 Å². The van der Waals surface area contributed by atoms with E-state index in [1.807, 2.05) is 0 Å². The molecule has 0 aliphatic heterocycles. The monoisotopic (exact) mass is 173 g/mol. The predicted molar refractivity (Wildman–Crippen MR) is 52.9 cm³/mol. The molecule has 0 saturated heterocycles. The average Bonchev–Trinajstić information content (AvgIpc) is 2.04. The van der Waals surface area contributed by atoms with Crippen molar-refractivity contribution in [2.75, 3.05) is 13.7 Å². The molecule has 0 radical (unpaired) electrons. The Morgan fingerprint density at radius 3 is 2.42 bits per heavy atom. The first-order valence-electron chi connectivity index (χ1n) is 4.88. The normalized spacial score (nSPS) is 12.0. The molecule has 0 unspecified atom stereocenters. The van der Waals surface area contributed by atoms with Crippen molar-refractivity contribution in [1.29, 1.82) is 0 Å². The molecule has 0 spiro atoms. The third kappa shape index (κ3) is 6.62. The first kappa shape index (κ1) is 11.9. The van der Waals surface area contributed by atoms with Gasteiger partial charge < -0.3 is 4.84 Å². The lowest BCUT2D eigenvalue weighted by molar-refractivity contribution is 0.0897. The molecule has 0 aromatic carbocycles. The molecule has 0 aromatic heterocycles. The SMILES string of the molecule is CCC(C)(C)CCCCNOC. The Labute approximate surface area is 76.6 Å². The van der Waals surface area contributed by atoms with Gasteiger partial charge in [0.25, 0.3) is 0 Å². The maximum atomic E-state index is 4.75. The van der Waals surface area contributed by atoms with Gasteiger partial charge in [0, 0.05) is 6.54 Å². The van der Waals surface area contributed by atoms with Gasteiger partial charge >= 0.3 is 0 Å². The highest BCUT2D eigenvalue weighted by molar-refractivity contribution is 4.65. The Morgan fingerprint density at radius 1 is 1.25 bits per heavy atom. The molecule has 2 nitrogen and oxygen atoms in total. The fourth-order valence-electron chi connectivity index (χ4n) is 1.08. The summed E-state index contributed by atoms with van der Waals surface area (Å²) in [5.74, 6) is 0. The molecule has 74 valence electrons. The topological polar surface area (TPSA) is 21.3 Å². The molecule has 0 aliphatic carbocycles. The average molecular weight is 173 g/mol. The largest absolute Gasteiger partial charge is 0.305 e. The fourth-order valence-corrected chi connectivity index (χ4v) is 1.08.